The van der Waals surface area contributed by atoms with Gasteiger partial charge in [-0.2, -0.15) is 0 Å². The van der Waals surface area contributed by atoms with Crippen molar-refractivity contribution < 1.29 is 9.53 Å². The summed E-state index contributed by atoms with van der Waals surface area (Å²) >= 11 is 1.70. The number of ether oxygens (including phenoxy) is 1. The van der Waals surface area contributed by atoms with E-state index in [1.165, 1.54) is 5.56 Å². The maximum Gasteiger partial charge on any atom is 0.183 e. The van der Waals surface area contributed by atoms with Crippen LogP contribution in [-0.2, 0) is 11.2 Å². The van der Waals surface area contributed by atoms with Gasteiger partial charge in [0.15, 0.2) is 11.9 Å². The van der Waals surface area contributed by atoms with Crippen molar-refractivity contribution in [3.8, 4) is 5.75 Å². The summed E-state index contributed by atoms with van der Waals surface area (Å²) in [5, 5.41) is 0. The summed E-state index contributed by atoms with van der Waals surface area (Å²) in [5.74, 6) is 1.59. The van der Waals surface area contributed by atoms with E-state index >= 15 is 0 Å². The maximum atomic E-state index is 12.8. The fraction of sp³-hybridized carbons (Fsp3) is 0.294. The summed E-state index contributed by atoms with van der Waals surface area (Å²) in [5.41, 5.74) is 2.16. The standard InChI is InChI=1S/C17H15NO2S/c19-17(12-8-7-11-4-3-9-18-16(11)12)14-10-21-15-6-2-1-5-13(15)20-14/h1-6,9,12,14H,7-8,10H2. The molecule has 4 rings (SSSR count). The van der Waals surface area contributed by atoms with Crippen LogP contribution >= 0.6 is 11.8 Å². The summed E-state index contributed by atoms with van der Waals surface area (Å²) < 4.78 is 5.92. The number of carbonyl (C=O) groups excluding carboxylic acids is 1. The van der Waals surface area contributed by atoms with Crippen LogP contribution in [0.5, 0.6) is 5.75 Å². The number of benzene rings is 1. The zero-order valence-corrected chi connectivity index (χ0v) is 12.3. The lowest BCUT2D eigenvalue weighted by Crippen LogP contribution is -2.35. The van der Waals surface area contributed by atoms with E-state index in [4.69, 9.17) is 4.74 Å². The number of carbonyl (C=O) groups is 1. The number of pyridine rings is 1. The molecule has 0 amide bonds. The number of rotatable bonds is 2. The lowest BCUT2D eigenvalue weighted by molar-refractivity contribution is -0.126. The number of fused-ring (bicyclic) bond motifs is 2. The zero-order chi connectivity index (χ0) is 14.2. The Morgan fingerprint density at radius 2 is 2.14 bits per heavy atom. The van der Waals surface area contributed by atoms with Gasteiger partial charge < -0.3 is 4.74 Å². The Labute approximate surface area is 127 Å². The lowest BCUT2D eigenvalue weighted by atomic mass is 9.97. The van der Waals surface area contributed by atoms with Crippen LogP contribution in [0.2, 0.25) is 0 Å². The average molecular weight is 297 g/mol. The number of Topliss-reactive ketones (excluding diaryl/α,β-unsaturated/α-hetero) is 1. The molecule has 0 saturated carbocycles. The van der Waals surface area contributed by atoms with Crippen molar-refractivity contribution in [2.45, 2.75) is 29.8 Å². The van der Waals surface area contributed by atoms with Crippen molar-refractivity contribution >= 4 is 17.5 Å². The smallest absolute Gasteiger partial charge is 0.183 e. The zero-order valence-electron chi connectivity index (χ0n) is 11.5. The summed E-state index contributed by atoms with van der Waals surface area (Å²) in [6.45, 7) is 0. The minimum Gasteiger partial charge on any atom is -0.481 e. The van der Waals surface area contributed by atoms with Crippen LogP contribution in [0, 0.1) is 0 Å². The van der Waals surface area contributed by atoms with Crippen molar-refractivity contribution in [2.75, 3.05) is 5.75 Å². The molecule has 2 heterocycles. The third-order valence-electron chi connectivity index (χ3n) is 4.13. The fourth-order valence-corrected chi connectivity index (χ4v) is 4.07. The first kappa shape index (κ1) is 12.9. The molecule has 0 spiro atoms. The van der Waals surface area contributed by atoms with Gasteiger partial charge in [-0.05, 0) is 36.6 Å². The van der Waals surface area contributed by atoms with Crippen LogP contribution in [0.1, 0.15) is 23.6 Å². The Morgan fingerprint density at radius 3 is 3.10 bits per heavy atom. The van der Waals surface area contributed by atoms with Gasteiger partial charge in [-0.1, -0.05) is 18.2 Å². The Morgan fingerprint density at radius 1 is 1.24 bits per heavy atom. The fourth-order valence-electron chi connectivity index (χ4n) is 3.07. The Kier molecular flexibility index (Phi) is 3.19. The monoisotopic (exact) mass is 297 g/mol. The molecule has 1 aliphatic heterocycles. The van der Waals surface area contributed by atoms with Crippen LogP contribution in [0.25, 0.3) is 0 Å². The molecule has 4 heteroatoms. The third kappa shape index (κ3) is 2.23. The second-order valence-electron chi connectivity index (χ2n) is 5.41. The van der Waals surface area contributed by atoms with Crippen LogP contribution in [0.4, 0.5) is 0 Å². The molecule has 0 fully saturated rings. The molecular formula is C17H15NO2S. The van der Waals surface area contributed by atoms with E-state index in [9.17, 15) is 4.79 Å². The highest BCUT2D eigenvalue weighted by Gasteiger charge is 2.36. The number of aryl methyl sites for hydroxylation is 1. The number of hydrogen-bond acceptors (Lipinski definition) is 4. The second-order valence-corrected chi connectivity index (χ2v) is 6.47. The Hall–Kier alpha value is -1.81. The van der Waals surface area contributed by atoms with E-state index in [-0.39, 0.29) is 17.8 Å². The predicted molar refractivity (Wildman–Crippen MR) is 81.9 cm³/mol. The van der Waals surface area contributed by atoms with Gasteiger partial charge in [0.05, 0.1) is 11.6 Å². The first-order chi connectivity index (χ1) is 10.3. The van der Waals surface area contributed by atoms with Gasteiger partial charge in [0.25, 0.3) is 0 Å². The molecule has 0 radical (unpaired) electrons. The van der Waals surface area contributed by atoms with Crippen molar-refractivity contribution in [1.29, 1.82) is 0 Å². The lowest BCUT2D eigenvalue weighted by Gasteiger charge is -2.26. The summed E-state index contributed by atoms with van der Waals surface area (Å²) in [7, 11) is 0. The molecule has 2 aromatic rings. The minimum atomic E-state index is -0.358. The highest BCUT2D eigenvalue weighted by molar-refractivity contribution is 7.99. The molecule has 2 aliphatic rings. The highest BCUT2D eigenvalue weighted by Crippen LogP contribution is 2.39. The summed E-state index contributed by atoms with van der Waals surface area (Å²) in [6.07, 6.45) is 3.21. The van der Waals surface area contributed by atoms with Gasteiger partial charge >= 0.3 is 0 Å². The van der Waals surface area contributed by atoms with E-state index in [1.807, 2.05) is 30.3 Å². The first-order valence-corrected chi connectivity index (χ1v) is 8.17. The van der Waals surface area contributed by atoms with Crippen LogP contribution in [-0.4, -0.2) is 22.6 Å². The van der Waals surface area contributed by atoms with Gasteiger partial charge in [-0.25, -0.2) is 0 Å². The molecule has 2 atom stereocenters. The molecule has 0 saturated heterocycles. The number of aromatic nitrogens is 1. The van der Waals surface area contributed by atoms with E-state index in [0.717, 1.165) is 29.2 Å². The predicted octanol–water partition coefficient (Wildman–Crippen LogP) is 3.23. The summed E-state index contributed by atoms with van der Waals surface area (Å²) in [6, 6.07) is 11.9. The quantitative estimate of drug-likeness (QED) is 0.853. The number of nitrogens with zero attached hydrogens (tertiary/aromatic N) is 1. The van der Waals surface area contributed by atoms with Gasteiger partial charge in [-0.3, -0.25) is 9.78 Å². The second kappa shape index (κ2) is 5.19. The van der Waals surface area contributed by atoms with Crippen LogP contribution in [0.15, 0.2) is 47.5 Å². The molecule has 2 unspecified atom stereocenters. The Balaban J connectivity index is 1.57. The number of ketones is 1. The van der Waals surface area contributed by atoms with Gasteiger partial charge in [-0.15, -0.1) is 11.8 Å². The van der Waals surface area contributed by atoms with Gasteiger partial charge in [0, 0.05) is 16.8 Å². The van der Waals surface area contributed by atoms with Crippen LogP contribution in [0.3, 0.4) is 0 Å². The van der Waals surface area contributed by atoms with E-state index < -0.39 is 0 Å². The maximum absolute atomic E-state index is 12.8. The number of thioether (sulfide) groups is 1. The summed E-state index contributed by atoms with van der Waals surface area (Å²) in [4.78, 5) is 18.3. The average Bonchev–Trinajstić information content (AvgIpc) is 2.98. The normalized spacial score (nSPS) is 23.0. The van der Waals surface area contributed by atoms with Crippen LogP contribution < -0.4 is 4.74 Å². The molecule has 1 aromatic carbocycles. The van der Waals surface area contributed by atoms with Crippen molar-refractivity contribution in [2.24, 2.45) is 0 Å². The van der Waals surface area contributed by atoms with Gasteiger partial charge in [0.1, 0.15) is 5.75 Å². The molecule has 0 N–H and O–H groups in total. The minimum absolute atomic E-state index is 0.0999. The highest BCUT2D eigenvalue weighted by atomic mass is 32.2. The number of para-hydroxylation sites is 1. The molecule has 1 aromatic heterocycles. The Bertz CT molecular complexity index is 701. The molecule has 106 valence electrons. The number of hydrogen-bond donors (Lipinski definition) is 0. The molecular weight excluding hydrogens is 282 g/mol. The van der Waals surface area contributed by atoms with Crippen molar-refractivity contribution in [3.05, 3.63) is 53.9 Å². The topological polar surface area (TPSA) is 39.2 Å². The van der Waals surface area contributed by atoms with Crippen molar-refractivity contribution in [1.82, 2.24) is 4.98 Å². The van der Waals surface area contributed by atoms with E-state index in [2.05, 4.69) is 11.1 Å². The van der Waals surface area contributed by atoms with Gasteiger partial charge in [0.2, 0.25) is 0 Å². The largest absolute Gasteiger partial charge is 0.481 e. The van der Waals surface area contributed by atoms with Crippen molar-refractivity contribution in [3.63, 3.8) is 0 Å². The SMILES string of the molecule is O=C(C1CSc2ccccc2O1)C1CCc2cccnc21. The third-order valence-corrected chi connectivity index (χ3v) is 5.25. The van der Waals surface area contributed by atoms with E-state index in [1.54, 1.807) is 18.0 Å². The molecule has 0 bridgehead atoms. The molecule has 1 aliphatic carbocycles. The van der Waals surface area contributed by atoms with E-state index in [0.29, 0.717) is 5.75 Å². The molecule has 21 heavy (non-hydrogen) atoms. The molecule has 3 nitrogen and oxygen atoms in total. The first-order valence-electron chi connectivity index (χ1n) is 7.19.